The van der Waals surface area contributed by atoms with Gasteiger partial charge in [0.05, 0.1) is 11.5 Å². The molecule has 0 atom stereocenters. The zero-order chi connectivity index (χ0) is 17.1. The summed E-state index contributed by atoms with van der Waals surface area (Å²) in [7, 11) is 0. The number of nitro benzene ring substituents is 1. The molecule has 122 valence electrons. The van der Waals surface area contributed by atoms with Crippen LogP contribution in [0.15, 0.2) is 42.6 Å². The lowest BCUT2D eigenvalue weighted by Gasteiger charge is -2.07. The normalized spacial score (nSPS) is 10.5. The fraction of sp³-hybridized carbons (Fsp3) is 0.133. The number of hydrogen-bond donors (Lipinski definition) is 2. The Morgan fingerprint density at radius 1 is 1.29 bits per heavy atom. The first-order chi connectivity index (χ1) is 11.5. The fourth-order valence-corrected chi connectivity index (χ4v) is 2.23. The smallest absolute Gasteiger partial charge is 0.319 e. The second kappa shape index (κ2) is 6.32. The summed E-state index contributed by atoms with van der Waals surface area (Å²) in [6.45, 7) is 1.81. The number of benzene rings is 1. The molecule has 3 rings (SSSR count). The number of carbonyl (C=O) groups is 1. The molecule has 2 aromatic heterocycles. The van der Waals surface area contributed by atoms with Crippen LogP contribution in [-0.2, 0) is 6.54 Å². The number of aryl methyl sites for hydroxylation is 1. The molecule has 0 aliphatic carbocycles. The Hall–Kier alpha value is -3.49. The molecular weight excluding hydrogens is 312 g/mol. The van der Waals surface area contributed by atoms with Gasteiger partial charge in [-0.05, 0) is 25.1 Å². The molecule has 0 radical (unpaired) electrons. The van der Waals surface area contributed by atoms with Crippen LogP contribution in [0.25, 0.3) is 5.65 Å². The van der Waals surface area contributed by atoms with Crippen molar-refractivity contribution in [3.8, 4) is 0 Å². The molecule has 1 aromatic carbocycles. The largest absolute Gasteiger partial charge is 0.331 e. The predicted molar refractivity (Wildman–Crippen MR) is 86.7 cm³/mol. The number of fused-ring (bicyclic) bond motifs is 1. The van der Waals surface area contributed by atoms with Gasteiger partial charge in [0.1, 0.15) is 0 Å². The highest BCUT2D eigenvalue weighted by molar-refractivity contribution is 5.89. The number of anilines is 1. The number of urea groups is 1. The molecule has 0 aliphatic heterocycles. The number of nitrogens with zero attached hydrogens (tertiary/aromatic N) is 4. The van der Waals surface area contributed by atoms with E-state index in [9.17, 15) is 14.9 Å². The van der Waals surface area contributed by atoms with E-state index in [-0.39, 0.29) is 12.2 Å². The second-order valence-electron chi connectivity index (χ2n) is 5.11. The summed E-state index contributed by atoms with van der Waals surface area (Å²) in [5, 5.41) is 24.1. The van der Waals surface area contributed by atoms with Crippen molar-refractivity contribution in [1.29, 1.82) is 0 Å². The van der Waals surface area contributed by atoms with Crippen molar-refractivity contribution in [3.05, 3.63) is 64.1 Å². The summed E-state index contributed by atoms with van der Waals surface area (Å²) in [4.78, 5) is 22.4. The average Bonchev–Trinajstić information content (AvgIpc) is 2.98. The number of pyridine rings is 1. The average molecular weight is 326 g/mol. The van der Waals surface area contributed by atoms with E-state index < -0.39 is 11.0 Å². The SMILES string of the molecule is Cc1ccc(NC(=O)NCc2nnc3ccccn23)cc1[N+](=O)[O-]. The molecule has 0 spiro atoms. The van der Waals surface area contributed by atoms with Gasteiger partial charge in [-0.3, -0.25) is 14.5 Å². The molecule has 24 heavy (non-hydrogen) atoms. The Morgan fingerprint density at radius 3 is 2.92 bits per heavy atom. The first kappa shape index (κ1) is 15.4. The minimum Gasteiger partial charge on any atom is -0.331 e. The van der Waals surface area contributed by atoms with Crippen molar-refractivity contribution >= 4 is 23.1 Å². The Bertz CT molecular complexity index is 920. The summed E-state index contributed by atoms with van der Waals surface area (Å²) in [5.74, 6) is 0.579. The van der Waals surface area contributed by atoms with Gasteiger partial charge in [-0.1, -0.05) is 12.1 Å². The molecule has 0 saturated carbocycles. The number of hydrogen-bond acceptors (Lipinski definition) is 5. The molecule has 0 aliphatic rings. The Kier molecular flexibility index (Phi) is 4.06. The van der Waals surface area contributed by atoms with Gasteiger partial charge >= 0.3 is 6.03 Å². The Labute approximate surface area is 136 Å². The first-order valence-electron chi connectivity index (χ1n) is 7.13. The van der Waals surface area contributed by atoms with E-state index in [0.717, 1.165) is 0 Å². The summed E-state index contributed by atoms with van der Waals surface area (Å²) < 4.78 is 1.76. The molecule has 9 heteroatoms. The van der Waals surface area contributed by atoms with Crippen molar-refractivity contribution in [2.75, 3.05) is 5.32 Å². The summed E-state index contributed by atoms with van der Waals surface area (Å²) in [6.07, 6.45) is 1.80. The minimum atomic E-state index is -0.485. The van der Waals surface area contributed by atoms with Gasteiger partial charge in [-0.2, -0.15) is 0 Å². The molecule has 3 aromatic rings. The van der Waals surface area contributed by atoms with Crippen LogP contribution in [0.2, 0.25) is 0 Å². The molecule has 0 unspecified atom stereocenters. The van der Waals surface area contributed by atoms with Gasteiger partial charge in [0.15, 0.2) is 11.5 Å². The molecule has 2 amide bonds. The van der Waals surface area contributed by atoms with Gasteiger partial charge in [-0.15, -0.1) is 10.2 Å². The number of amides is 2. The molecule has 0 saturated heterocycles. The maximum absolute atomic E-state index is 12.0. The van der Waals surface area contributed by atoms with E-state index in [1.165, 1.54) is 6.07 Å². The highest BCUT2D eigenvalue weighted by Gasteiger charge is 2.12. The van der Waals surface area contributed by atoms with Crippen LogP contribution in [0.4, 0.5) is 16.2 Å². The molecule has 0 bridgehead atoms. The number of aromatic nitrogens is 3. The number of nitrogens with one attached hydrogen (secondary N) is 2. The third-order valence-electron chi connectivity index (χ3n) is 3.46. The predicted octanol–water partition coefficient (Wildman–Crippen LogP) is 2.27. The van der Waals surface area contributed by atoms with Crippen molar-refractivity contribution in [3.63, 3.8) is 0 Å². The van der Waals surface area contributed by atoms with Gasteiger partial charge in [0.2, 0.25) is 0 Å². The van der Waals surface area contributed by atoms with E-state index in [1.807, 2.05) is 18.2 Å². The maximum Gasteiger partial charge on any atom is 0.319 e. The molecular formula is C15H14N6O3. The summed E-state index contributed by atoms with van der Waals surface area (Å²) in [5.41, 5.74) is 1.51. The van der Waals surface area contributed by atoms with E-state index in [0.29, 0.717) is 22.7 Å². The highest BCUT2D eigenvalue weighted by Crippen LogP contribution is 2.22. The van der Waals surface area contributed by atoms with Crippen LogP contribution in [0.1, 0.15) is 11.4 Å². The fourth-order valence-electron chi connectivity index (χ4n) is 2.23. The lowest BCUT2D eigenvalue weighted by molar-refractivity contribution is -0.385. The van der Waals surface area contributed by atoms with E-state index in [2.05, 4.69) is 20.8 Å². The van der Waals surface area contributed by atoms with Crippen LogP contribution in [0, 0.1) is 17.0 Å². The van der Waals surface area contributed by atoms with Crippen molar-refractivity contribution in [1.82, 2.24) is 19.9 Å². The maximum atomic E-state index is 12.0. The van der Waals surface area contributed by atoms with Gasteiger partial charge in [0.25, 0.3) is 5.69 Å². The lowest BCUT2D eigenvalue weighted by Crippen LogP contribution is -2.29. The third-order valence-corrected chi connectivity index (χ3v) is 3.46. The zero-order valence-corrected chi connectivity index (χ0v) is 12.8. The van der Waals surface area contributed by atoms with Crippen molar-refractivity contribution in [2.45, 2.75) is 13.5 Å². The number of nitro groups is 1. The molecule has 0 fully saturated rings. The quantitative estimate of drug-likeness (QED) is 0.564. The van der Waals surface area contributed by atoms with Gasteiger partial charge in [-0.25, -0.2) is 4.79 Å². The monoisotopic (exact) mass is 326 g/mol. The van der Waals surface area contributed by atoms with Gasteiger partial charge < -0.3 is 10.6 Å². The lowest BCUT2D eigenvalue weighted by atomic mass is 10.2. The Balaban J connectivity index is 1.66. The van der Waals surface area contributed by atoms with E-state index in [1.54, 1.807) is 29.7 Å². The van der Waals surface area contributed by atoms with Crippen LogP contribution in [0.3, 0.4) is 0 Å². The number of rotatable bonds is 4. The number of carbonyl (C=O) groups excluding carboxylic acids is 1. The molecule has 9 nitrogen and oxygen atoms in total. The molecule has 2 N–H and O–H groups in total. The summed E-state index contributed by atoms with van der Waals surface area (Å²) >= 11 is 0. The zero-order valence-electron chi connectivity index (χ0n) is 12.8. The van der Waals surface area contributed by atoms with Gasteiger partial charge in [0, 0.05) is 23.5 Å². The molecule has 2 heterocycles. The van der Waals surface area contributed by atoms with E-state index >= 15 is 0 Å². The van der Waals surface area contributed by atoms with Crippen LogP contribution in [-0.4, -0.2) is 25.6 Å². The second-order valence-corrected chi connectivity index (χ2v) is 5.11. The standard InChI is InChI=1S/C15H14N6O3/c1-10-5-6-11(8-12(10)21(23)24)17-15(22)16-9-14-19-18-13-4-2-3-7-20(13)14/h2-8H,9H2,1H3,(H2,16,17,22). The third kappa shape index (κ3) is 3.14. The van der Waals surface area contributed by atoms with Crippen molar-refractivity contribution < 1.29 is 9.72 Å². The van der Waals surface area contributed by atoms with Crippen LogP contribution >= 0.6 is 0 Å². The summed E-state index contributed by atoms with van der Waals surface area (Å²) in [6, 6.07) is 9.52. The van der Waals surface area contributed by atoms with E-state index in [4.69, 9.17) is 0 Å². The van der Waals surface area contributed by atoms with Crippen molar-refractivity contribution in [2.24, 2.45) is 0 Å². The highest BCUT2D eigenvalue weighted by atomic mass is 16.6. The topological polar surface area (TPSA) is 114 Å². The first-order valence-corrected chi connectivity index (χ1v) is 7.13. The minimum absolute atomic E-state index is 0.0451. The Morgan fingerprint density at radius 2 is 2.12 bits per heavy atom. The van der Waals surface area contributed by atoms with Crippen LogP contribution < -0.4 is 10.6 Å². The van der Waals surface area contributed by atoms with Crippen LogP contribution in [0.5, 0.6) is 0 Å².